The maximum Gasteiger partial charge on any atom is 0.237 e. The summed E-state index contributed by atoms with van der Waals surface area (Å²) >= 11 is 0. The molecule has 4 aromatic rings. The van der Waals surface area contributed by atoms with Crippen molar-refractivity contribution < 1.29 is 9.26 Å². The van der Waals surface area contributed by atoms with E-state index < -0.39 is 0 Å². The lowest BCUT2D eigenvalue weighted by atomic mass is 9.99. The van der Waals surface area contributed by atoms with Gasteiger partial charge in [0.15, 0.2) is 0 Å². The SMILES string of the molecule is N#Cc1ccc(CCN[C@H](c2ccccc2)[C@@H]2CNc3cc(-c4cnoc4)cnc3O2)cc1. The first-order valence-corrected chi connectivity index (χ1v) is 10.9. The van der Waals surface area contributed by atoms with E-state index in [1.54, 1.807) is 18.7 Å². The summed E-state index contributed by atoms with van der Waals surface area (Å²) in [7, 11) is 0. The molecule has 2 N–H and O–H groups in total. The molecule has 1 aliphatic heterocycles. The number of hydrogen-bond donors (Lipinski definition) is 2. The molecule has 0 bridgehead atoms. The second-order valence-electron chi connectivity index (χ2n) is 7.93. The smallest absolute Gasteiger partial charge is 0.237 e. The Morgan fingerprint density at radius 2 is 1.94 bits per heavy atom. The Morgan fingerprint density at radius 1 is 1.09 bits per heavy atom. The van der Waals surface area contributed by atoms with Gasteiger partial charge in [0.25, 0.3) is 0 Å². The predicted octanol–water partition coefficient (Wildman–Crippen LogP) is 4.35. The molecule has 7 heteroatoms. The van der Waals surface area contributed by atoms with Crippen molar-refractivity contribution in [3.8, 4) is 23.1 Å². The van der Waals surface area contributed by atoms with Crippen LogP contribution < -0.4 is 15.4 Å². The third kappa shape index (κ3) is 4.71. The summed E-state index contributed by atoms with van der Waals surface area (Å²) in [6, 6.07) is 22.2. The highest BCUT2D eigenvalue weighted by Gasteiger charge is 2.29. The number of ether oxygens (including phenoxy) is 1. The second kappa shape index (κ2) is 9.55. The first-order valence-electron chi connectivity index (χ1n) is 10.9. The Morgan fingerprint density at radius 3 is 2.70 bits per heavy atom. The highest BCUT2D eigenvalue weighted by molar-refractivity contribution is 5.68. The Bertz CT molecular complexity index is 1230. The number of hydrogen-bond acceptors (Lipinski definition) is 7. The van der Waals surface area contributed by atoms with Crippen LogP contribution in [0, 0.1) is 11.3 Å². The summed E-state index contributed by atoms with van der Waals surface area (Å²) in [4.78, 5) is 4.54. The zero-order valence-electron chi connectivity index (χ0n) is 17.9. The first kappa shape index (κ1) is 20.7. The van der Waals surface area contributed by atoms with Gasteiger partial charge >= 0.3 is 0 Å². The van der Waals surface area contributed by atoms with Gasteiger partial charge in [-0.15, -0.1) is 0 Å². The van der Waals surface area contributed by atoms with Gasteiger partial charge < -0.3 is 19.9 Å². The lowest BCUT2D eigenvalue weighted by Crippen LogP contribution is -2.43. The highest BCUT2D eigenvalue weighted by Crippen LogP contribution is 2.34. The Hall–Kier alpha value is -4.15. The van der Waals surface area contributed by atoms with Crippen LogP contribution in [0.5, 0.6) is 5.88 Å². The summed E-state index contributed by atoms with van der Waals surface area (Å²) < 4.78 is 11.3. The van der Waals surface area contributed by atoms with Crippen LogP contribution >= 0.6 is 0 Å². The molecule has 0 amide bonds. The van der Waals surface area contributed by atoms with E-state index >= 15 is 0 Å². The molecule has 3 heterocycles. The van der Waals surface area contributed by atoms with E-state index in [-0.39, 0.29) is 12.1 Å². The van der Waals surface area contributed by atoms with Crippen LogP contribution in [0.2, 0.25) is 0 Å². The van der Waals surface area contributed by atoms with Crippen molar-refractivity contribution in [2.75, 3.05) is 18.4 Å². The van der Waals surface area contributed by atoms with Crippen molar-refractivity contribution in [1.29, 1.82) is 5.26 Å². The molecule has 2 aromatic heterocycles. The van der Waals surface area contributed by atoms with E-state index in [1.165, 1.54) is 5.56 Å². The monoisotopic (exact) mass is 437 g/mol. The van der Waals surface area contributed by atoms with E-state index in [0.717, 1.165) is 35.3 Å². The van der Waals surface area contributed by atoms with Crippen molar-refractivity contribution in [3.63, 3.8) is 0 Å². The first-order chi connectivity index (χ1) is 16.3. The minimum absolute atomic E-state index is 0.00946. The molecule has 0 spiro atoms. The van der Waals surface area contributed by atoms with E-state index in [0.29, 0.717) is 18.0 Å². The van der Waals surface area contributed by atoms with Gasteiger partial charge in [-0.1, -0.05) is 47.6 Å². The van der Waals surface area contributed by atoms with Crippen molar-refractivity contribution >= 4 is 5.69 Å². The van der Waals surface area contributed by atoms with E-state index in [9.17, 15) is 0 Å². The molecule has 1 aliphatic rings. The fraction of sp³-hybridized carbons (Fsp3) is 0.192. The number of fused-ring (bicyclic) bond motifs is 1. The number of nitrogens with one attached hydrogen (secondary N) is 2. The molecule has 2 atom stereocenters. The van der Waals surface area contributed by atoms with Gasteiger partial charge in [0, 0.05) is 17.3 Å². The third-order valence-corrected chi connectivity index (χ3v) is 5.76. The largest absolute Gasteiger partial charge is 0.469 e. The van der Waals surface area contributed by atoms with Crippen LogP contribution in [-0.2, 0) is 6.42 Å². The minimum Gasteiger partial charge on any atom is -0.469 e. The number of benzene rings is 2. The molecule has 5 rings (SSSR count). The molecular weight excluding hydrogens is 414 g/mol. The van der Waals surface area contributed by atoms with E-state index in [2.05, 4.69) is 39.0 Å². The zero-order chi connectivity index (χ0) is 22.5. The van der Waals surface area contributed by atoms with Gasteiger partial charge in [-0.2, -0.15) is 5.26 Å². The molecule has 164 valence electrons. The molecule has 0 saturated carbocycles. The number of nitrogens with zero attached hydrogens (tertiary/aromatic N) is 3. The van der Waals surface area contributed by atoms with Crippen molar-refractivity contribution in [2.45, 2.75) is 18.6 Å². The molecule has 0 saturated heterocycles. The average molecular weight is 438 g/mol. The molecule has 0 unspecified atom stereocenters. The van der Waals surface area contributed by atoms with Gasteiger partial charge in [-0.25, -0.2) is 4.98 Å². The lowest BCUT2D eigenvalue weighted by Gasteiger charge is -2.33. The quantitative estimate of drug-likeness (QED) is 0.444. The normalized spacial score (nSPS) is 15.5. The molecule has 0 fully saturated rings. The maximum atomic E-state index is 8.99. The Kier molecular flexibility index (Phi) is 6.00. The third-order valence-electron chi connectivity index (χ3n) is 5.76. The molecule has 33 heavy (non-hydrogen) atoms. The maximum absolute atomic E-state index is 8.99. The second-order valence-corrected chi connectivity index (χ2v) is 7.93. The van der Waals surface area contributed by atoms with Crippen molar-refractivity contribution in [3.05, 3.63) is 96.0 Å². The van der Waals surface area contributed by atoms with Gasteiger partial charge in [-0.05, 0) is 42.3 Å². The average Bonchev–Trinajstić information content (AvgIpc) is 3.42. The number of aromatic nitrogens is 2. The fourth-order valence-electron chi connectivity index (χ4n) is 4.00. The van der Waals surface area contributed by atoms with Crippen molar-refractivity contribution in [2.24, 2.45) is 0 Å². The lowest BCUT2D eigenvalue weighted by molar-refractivity contribution is 0.150. The van der Waals surface area contributed by atoms with E-state index in [4.69, 9.17) is 14.5 Å². The Balaban J connectivity index is 1.30. The van der Waals surface area contributed by atoms with Crippen LogP contribution in [0.25, 0.3) is 11.1 Å². The standard InChI is InChI=1S/C26H23N5O2/c27-13-19-8-6-18(7-9-19)10-11-28-25(20-4-2-1-3-5-20)24-16-29-23-12-21(14-30-26(23)33-24)22-15-31-32-17-22/h1-9,12,14-15,17,24-25,28-29H,10-11,16H2/t24-,25+/m0/s1. The number of rotatable bonds is 7. The topological polar surface area (TPSA) is 96.0 Å². The summed E-state index contributed by atoms with van der Waals surface area (Å²) in [6.45, 7) is 1.42. The summed E-state index contributed by atoms with van der Waals surface area (Å²) in [5, 5.41) is 19.9. The number of anilines is 1. The molecule has 7 nitrogen and oxygen atoms in total. The summed E-state index contributed by atoms with van der Waals surface area (Å²) in [5.41, 5.74) is 5.67. The van der Waals surface area contributed by atoms with Crippen LogP contribution in [0.3, 0.4) is 0 Å². The van der Waals surface area contributed by atoms with Gasteiger partial charge in [0.05, 0.1) is 36.1 Å². The summed E-state index contributed by atoms with van der Waals surface area (Å²) in [6.07, 6.45) is 5.75. The van der Waals surface area contributed by atoms with Crippen molar-refractivity contribution in [1.82, 2.24) is 15.5 Å². The molecule has 0 radical (unpaired) electrons. The van der Waals surface area contributed by atoms with Crippen LogP contribution in [0.15, 0.2) is 83.8 Å². The van der Waals surface area contributed by atoms with Crippen LogP contribution in [0.1, 0.15) is 22.7 Å². The highest BCUT2D eigenvalue weighted by atomic mass is 16.5. The molecule has 0 aliphatic carbocycles. The van der Waals surface area contributed by atoms with Gasteiger partial charge in [0.1, 0.15) is 12.4 Å². The molecule has 2 aromatic carbocycles. The number of pyridine rings is 1. The Labute approximate surface area is 192 Å². The predicted molar refractivity (Wildman–Crippen MR) is 125 cm³/mol. The van der Waals surface area contributed by atoms with E-state index in [1.807, 2.05) is 48.5 Å². The summed E-state index contributed by atoms with van der Waals surface area (Å²) in [5.74, 6) is 0.585. The van der Waals surface area contributed by atoms with Crippen LogP contribution in [0.4, 0.5) is 5.69 Å². The minimum atomic E-state index is -0.130. The number of nitriles is 1. The van der Waals surface area contributed by atoms with Gasteiger partial charge in [0.2, 0.25) is 5.88 Å². The molecular formula is C26H23N5O2. The van der Waals surface area contributed by atoms with Gasteiger partial charge in [-0.3, -0.25) is 0 Å². The zero-order valence-corrected chi connectivity index (χ0v) is 17.9. The fourth-order valence-corrected chi connectivity index (χ4v) is 4.00. The van der Waals surface area contributed by atoms with Crippen LogP contribution in [-0.4, -0.2) is 29.3 Å².